The molecule has 5 rings (SSSR count). The lowest BCUT2D eigenvalue weighted by atomic mass is 9.33. The molecule has 0 bridgehead atoms. The summed E-state index contributed by atoms with van der Waals surface area (Å²) in [7, 11) is 0. The van der Waals surface area contributed by atoms with Crippen molar-refractivity contribution in [3.63, 3.8) is 0 Å². The first kappa shape index (κ1) is 25.3. The van der Waals surface area contributed by atoms with E-state index in [2.05, 4.69) is 40.7 Å². The Morgan fingerprint density at radius 3 is 2.11 bits per heavy atom. The van der Waals surface area contributed by atoms with E-state index in [1.165, 1.54) is 5.57 Å². The van der Waals surface area contributed by atoms with Gasteiger partial charge >= 0.3 is 11.9 Å². The third-order valence-corrected chi connectivity index (χ3v) is 13.2. The Bertz CT molecular complexity index is 983. The van der Waals surface area contributed by atoms with Crippen LogP contribution < -0.4 is 0 Å². The van der Waals surface area contributed by atoms with E-state index >= 15 is 0 Å². The lowest BCUT2D eigenvalue weighted by molar-refractivity contribution is -0.217. The smallest absolute Gasteiger partial charge is 0.312 e. The van der Waals surface area contributed by atoms with E-state index in [4.69, 9.17) is 0 Å². The first-order chi connectivity index (χ1) is 16.1. The van der Waals surface area contributed by atoms with Crippen molar-refractivity contribution in [3.8, 4) is 0 Å². The summed E-state index contributed by atoms with van der Waals surface area (Å²) in [5.74, 6) is -1.10. The third-order valence-electron chi connectivity index (χ3n) is 13.2. The van der Waals surface area contributed by atoms with E-state index in [9.17, 15) is 24.9 Å². The average Bonchev–Trinajstić information content (AvgIpc) is 2.76. The van der Waals surface area contributed by atoms with Crippen molar-refractivity contribution in [2.75, 3.05) is 0 Å². The van der Waals surface area contributed by atoms with Gasteiger partial charge in [0.2, 0.25) is 0 Å². The molecule has 0 aromatic carbocycles. The number of carboxylic acids is 2. The Labute approximate surface area is 210 Å². The topological polar surface area (TPSA) is 94.8 Å². The van der Waals surface area contributed by atoms with Crippen molar-refractivity contribution in [1.29, 1.82) is 0 Å². The van der Waals surface area contributed by atoms with Crippen LogP contribution in [0.5, 0.6) is 0 Å². The molecule has 0 aromatic rings. The molecule has 35 heavy (non-hydrogen) atoms. The molecule has 0 aliphatic heterocycles. The highest BCUT2D eigenvalue weighted by atomic mass is 16.4. The quantitative estimate of drug-likeness (QED) is 0.398. The lowest BCUT2D eigenvalue weighted by Crippen LogP contribution is -2.66. The molecule has 5 heteroatoms. The molecule has 0 amide bonds. The number of carboxylic acid groups (broad SMARTS) is 2. The maximum Gasteiger partial charge on any atom is 0.312 e. The molecule has 3 N–H and O–H groups in total. The van der Waals surface area contributed by atoms with E-state index in [1.807, 2.05) is 0 Å². The van der Waals surface area contributed by atoms with Gasteiger partial charge in [0.05, 0.1) is 16.9 Å². The molecule has 5 aliphatic rings. The fraction of sp³-hybridized carbons (Fsp3) is 0.867. The maximum absolute atomic E-state index is 12.8. The van der Waals surface area contributed by atoms with E-state index in [-0.39, 0.29) is 33.5 Å². The van der Waals surface area contributed by atoms with Crippen molar-refractivity contribution in [3.05, 3.63) is 11.6 Å². The van der Waals surface area contributed by atoms with Gasteiger partial charge in [0.1, 0.15) is 0 Å². The molecule has 5 aliphatic carbocycles. The van der Waals surface area contributed by atoms with Crippen molar-refractivity contribution in [2.24, 2.45) is 50.2 Å². The van der Waals surface area contributed by atoms with Gasteiger partial charge in [0, 0.05) is 0 Å². The van der Waals surface area contributed by atoms with Crippen LogP contribution in [-0.2, 0) is 9.59 Å². The van der Waals surface area contributed by atoms with E-state index in [0.717, 1.165) is 57.8 Å². The number of carbonyl (C=O) groups is 2. The summed E-state index contributed by atoms with van der Waals surface area (Å²) in [6.07, 6.45) is 9.97. The molecule has 0 spiro atoms. The van der Waals surface area contributed by atoms with Gasteiger partial charge in [-0.15, -0.1) is 0 Å². The second-order valence-electron chi connectivity index (χ2n) is 14.8. The molecular weight excluding hydrogens is 440 g/mol. The molecule has 0 aromatic heterocycles. The van der Waals surface area contributed by atoms with E-state index < -0.39 is 28.9 Å². The summed E-state index contributed by atoms with van der Waals surface area (Å²) in [6.45, 7) is 13.5. The molecule has 196 valence electrons. The Morgan fingerprint density at radius 2 is 1.49 bits per heavy atom. The lowest BCUT2D eigenvalue weighted by Gasteiger charge is -2.70. The summed E-state index contributed by atoms with van der Waals surface area (Å²) >= 11 is 0. The Balaban J connectivity index is 1.60. The van der Waals surface area contributed by atoms with Crippen LogP contribution in [-0.4, -0.2) is 33.4 Å². The molecule has 9 atom stereocenters. The van der Waals surface area contributed by atoms with Gasteiger partial charge in [-0.25, -0.2) is 0 Å². The second kappa shape index (κ2) is 7.36. The summed E-state index contributed by atoms with van der Waals surface area (Å²) in [4.78, 5) is 25.3. The minimum atomic E-state index is -1.11. The van der Waals surface area contributed by atoms with Gasteiger partial charge in [-0.05, 0) is 111 Å². The van der Waals surface area contributed by atoms with Crippen LogP contribution in [0.15, 0.2) is 11.6 Å². The Kier molecular flexibility index (Phi) is 5.32. The van der Waals surface area contributed by atoms with Crippen molar-refractivity contribution in [2.45, 2.75) is 112 Å². The molecule has 0 heterocycles. The zero-order valence-corrected chi connectivity index (χ0v) is 22.6. The molecule has 4 fully saturated rings. The normalized spacial score (nSPS) is 52.7. The van der Waals surface area contributed by atoms with E-state index in [1.54, 1.807) is 6.92 Å². The number of aliphatic hydroxyl groups is 1. The number of hydrogen-bond donors (Lipinski definition) is 3. The minimum Gasteiger partial charge on any atom is -0.481 e. The van der Waals surface area contributed by atoms with Crippen LogP contribution in [0.3, 0.4) is 0 Å². The van der Waals surface area contributed by atoms with Crippen molar-refractivity contribution < 1.29 is 24.9 Å². The first-order valence-electron chi connectivity index (χ1n) is 13.9. The van der Waals surface area contributed by atoms with Gasteiger partial charge in [-0.2, -0.15) is 0 Å². The second-order valence-corrected chi connectivity index (χ2v) is 14.8. The van der Waals surface area contributed by atoms with Crippen molar-refractivity contribution >= 4 is 11.9 Å². The van der Waals surface area contributed by atoms with Gasteiger partial charge in [-0.3, -0.25) is 9.59 Å². The van der Waals surface area contributed by atoms with Crippen LogP contribution in [0.4, 0.5) is 0 Å². The van der Waals surface area contributed by atoms with Crippen LogP contribution in [0, 0.1) is 50.2 Å². The highest BCUT2D eigenvalue weighted by molar-refractivity contribution is 5.77. The highest BCUT2D eigenvalue weighted by Gasteiger charge is 2.70. The van der Waals surface area contributed by atoms with Crippen molar-refractivity contribution in [1.82, 2.24) is 0 Å². The number of allylic oxidation sites excluding steroid dienone is 2. The van der Waals surface area contributed by atoms with Crippen LogP contribution in [0.25, 0.3) is 0 Å². The fourth-order valence-corrected chi connectivity index (χ4v) is 10.6. The molecule has 0 unspecified atom stereocenters. The van der Waals surface area contributed by atoms with Crippen LogP contribution >= 0.6 is 0 Å². The SMILES string of the molecule is CC1(C)CC[C@]2(C(=O)O)CC[C@]3(C)C(=CC[C@@H]4[C@@]5(C)CC[C@@H](O)[C@](C)(C(=O)O)[C@@H]5CC[C@]43C)[C@H]2C1. The minimum absolute atomic E-state index is 0.00368. The summed E-state index contributed by atoms with van der Waals surface area (Å²) in [6, 6.07) is 0. The largest absolute Gasteiger partial charge is 0.481 e. The fourth-order valence-electron chi connectivity index (χ4n) is 10.6. The Hall–Kier alpha value is -1.36. The summed E-state index contributed by atoms with van der Waals surface area (Å²) < 4.78 is 0. The monoisotopic (exact) mass is 486 g/mol. The molecule has 0 saturated heterocycles. The highest BCUT2D eigenvalue weighted by Crippen LogP contribution is 2.75. The summed E-state index contributed by atoms with van der Waals surface area (Å²) in [5.41, 5.74) is -0.437. The number of aliphatic carboxylic acids is 2. The summed E-state index contributed by atoms with van der Waals surface area (Å²) in [5, 5.41) is 31.6. The molecular formula is C30H46O5. The zero-order valence-electron chi connectivity index (χ0n) is 22.6. The predicted molar refractivity (Wildman–Crippen MR) is 135 cm³/mol. The number of aliphatic hydroxyl groups excluding tert-OH is 1. The van der Waals surface area contributed by atoms with E-state index in [0.29, 0.717) is 12.3 Å². The molecule has 4 saturated carbocycles. The standard InChI is InChI=1S/C30H46O5/c1-25(2)13-15-30(24(34)35)16-14-27(4)18(19(30)17-25)7-8-20-26(3)11-10-22(31)29(6,23(32)33)21(26)9-12-28(20,27)5/h7,19-22,31H,8-17H2,1-6H3,(H,32,33)(H,34,35)/t19-,20-,21-,22-,26-,27-,28-,29-,30+/m1/s1. The van der Waals surface area contributed by atoms with Gasteiger partial charge in [-0.1, -0.05) is 46.3 Å². The van der Waals surface area contributed by atoms with Crippen LogP contribution in [0.2, 0.25) is 0 Å². The first-order valence-corrected chi connectivity index (χ1v) is 13.9. The van der Waals surface area contributed by atoms with Gasteiger partial charge in [0.25, 0.3) is 0 Å². The molecule has 5 nitrogen and oxygen atoms in total. The van der Waals surface area contributed by atoms with Gasteiger partial charge in [0.15, 0.2) is 0 Å². The predicted octanol–water partition coefficient (Wildman–Crippen LogP) is 6.30. The number of fused-ring (bicyclic) bond motifs is 7. The number of hydrogen-bond acceptors (Lipinski definition) is 3. The average molecular weight is 487 g/mol. The maximum atomic E-state index is 12.8. The third kappa shape index (κ3) is 2.97. The molecule has 0 radical (unpaired) electrons. The Morgan fingerprint density at radius 1 is 0.829 bits per heavy atom. The zero-order chi connectivity index (χ0) is 25.8. The van der Waals surface area contributed by atoms with Crippen LogP contribution in [0.1, 0.15) is 106 Å². The van der Waals surface area contributed by atoms with Gasteiger partial charge < -0.3 is 15.3 Å². The number of rotatable bonds is 2.